The molecule has 0 radical (unpaired) electrons. The molecule has 1 N–H and O–H groups in total. The molecular weight excluding hydrogens is 542 g/mol. The zero-order valence-corrected chi connectivity index (χ0v) is 28.7. The Balaban J connectivity index is 3.24. The van der Waals surface area contributed by atoms with Crippen LogP contribution in [0.1, 0.15) is 102 Å². The molecule has 10 nitrogen and oxygen atoms in total. The fourth-order valence-electron chi connectivity index (χ4n) is 6.97. The summed E-state index contributed by atoms with van der Waals surface area (Å²) >= 11 is 0. The molecule has 4 atom stereocenters. The average molecular weight is 602 g/mol. The Morgan fingerprint density at radius 2 is 1.54 bits per heavy atom. The fourth-order valence-corrected chi connectivity index (χ4v) is 9.55. The zero-order chi connectivity index (χ0) is 31.4. The van der Waals surface area contributed by atoms with Gasteiger partial charge in [-0.25, -0.2) is 14.6 Å². The highest BCUT2D eigenvalue weighted by molar-refractivity contribution is 6.60. The van der Waals surface area contributed by atoms with E-state index in [0.717, 1.165) is 12.8 Å². The summed E-state index contributed by atoms with van der Waals surface area (Å²) in [6.45, 7) is 24.9. The van der Waals surface area contributed by atoms with Gasteiger partial charge in [-0.3, -0.25) is 4.90 Å². The van der Waals surface area contributed by atoms with Crippen molar-refractivity contribution in [3.63, 3.8) is 0 Å². The van der Waals surface area contributed by atoms with Gasteiger partial charge in [0.05, 0.1) is 12.1 Å². The minimum absolute atomic E-state index is 0.0682. The highest BCUT2D eigenvalue weighted by atomic mass is 28.4. The molecule has 1 aliphatic rings. The van der Waals surface area contributed by atoms with Gasteiger partial charge in [-0.2, -0.15) is 0 Å². The van der Waals surface area contributed by atoms with E-state index >= 15 is 0 Å². The van der Waals surface area contributed by atoms with Crippen LogP contribution in [-0.4, -0.2) is 99.3 Å². The molecule has 0 aliphatic heterocycles. The number of hydrogen-bond donors (Lipinski definition) is 1. The number of carbonyl (C=O) groups is 1. The van der Waals surface area contributed by atoms with Crippen molar-refractivity contribution in [1.82, 2.24) is 9.80 Å². The third-order valence-corrected chi connectivity index (χ3v) is 11.0. The van der Waals surface area contributed by atoms with Crippen LogP contribution in [0, 0.1) is 10.8 Å². The lowest BCUT2D eigenvalue weighted by Gasteiger charge is -2.49. The molecule has 1 saturated carbocycles. The number of ether oxygens (including phenoxy) is 1. The van der Waals surface area contributed by atoms with E-state index in [9.17, 15) is 14.7 Å². The van der Waals surface area contributed by atoms with Crippen LogP contribution in [0.25, 0.3) is 0 Å². The number of isocyanates is 1. The lowest BCUT2D eigenvalue weighted by molar-refractivity contribution is -0.127. The molecule has 240 valence electrons. The Labute approximate surface area is 250 Å². The summed E-state index contributed by atoms with van der Waals surface area (Å²) in [4.78, 5) is 31.7. The molecule has 0 heterocycles. The van der Waals surface area contributed by atoms with Crippen LogP contribution >= 0.6 is 0 Å². The van der Waals surface area contributed by atoms with Crippen LogP contribution in [-0.2, 0) is 22.8 Å². The Morgan fingerprint density at radius 1 is 1.00 bits per heavy atom. The van der Waals surface area contributed by atoms with Gasteiger partial charge in [0.2, 0.25) is 6.08 Å². The fraction of sp³-hybridized carbons (Fsp3) is 0.933. The molecule has 0 bridgehead atoms. The van der Waals surface area contributed by atoms with E-state index < -0.39 is 27.2 Å². The van der Waals surface area contributed by atoms with Crippen molar-refractivity contribution in [2.24, 2.45) is 15.8 Å². The highest BCUT2D eigenvalue weighted by Crippen LogP contribution is 2.47. The smallest absolute Gasteiger partial charge is 0.465 e. The van der Waals surface area contributed by atoms with E-state index in [2.05, 4.69) is 58.4 Å². The van der Waals surface area contributed by atoms with Gasteiger partial charge in [0, 0.05) is 51.1 Å². The molecule has 4 unspecified atom stereocenters. The Kier molecular flexibility index (Phi) is 15.7. The van der Waals surface area contributed by atoms with Gasteiger partial charge in [0.15, 0.2) is 0 Å². The molecule has 0 aromatic heterocycles. The van der Waals surface area contributed by atoms with E-state index in [1.807, 2.05) is 27.7 Å². The summed E-state index contributed by atoms with van der Waals surface area (Å²) in [7, 11) is -2.81. The molecule has 41 heavy (non-hydrogen) atoms. The summed E-state index contributed by atoms with van der Waals surface area (Å²) in [5, 5.41) is 10.5. The summed E-state index contributed by atoms with van der Waals surface area (Å²) in [6.07, 6.45) is 3.23. The van der Waals surface area contributed by atoms with Crippen LogP contribution in [0.4, 0.5) is 4.79 Å². The van der Waals surface area contributed by atoms with E-state index in [0.29, 0.717) is 51.9 Å². The first kappa shape index (κ1) is 37.7. The normalized spacial score (nSPS) is 22.5. The second-order valence-corrected chi connectivity index (χ2v) is 15.8. The van der Waals surface area contributed by atoms with Gasteiger partial charge in [-0.1, -0.05) is 20.8 Å². The van der Waals surface area contributed by atoms with Gasteiger partial charge < -0.3 is 28.0 Å². The highest BCUT2D eigenvalue weighted by Gasteiger charge is 2.45. The number of hydrogen-bond acceptors (Lipinski definition) is 8. The Bertz CT molecular complexity index is 812. The number of amides is 1. The van der Waals surface area contributed by atoms with Crippen LogP contribution in [0.3, 0.4) is 0 Å². The molecule has 0 aromatic rings. The monoisotopic (exact) mass is 601 g/mol. The van der Waals surface area contributed by atoms with Gasteiger partial charge in [-0.05, 0) is 91.9 Å². The van der Waals surface area contributed by atoms with Crippen molar-refractivity contribution in [3.8, 4) is 0 Å². The Morgan fingerprint density at radius 3 is 1.98 bits per heavy atom. The van der Waals surface area contributed by atoms with Crippen molar-refractivity contribution in [2.75, 3.05) is 33.0 Å². The van der Waals surface area contributed by atoms with Crippen LogP contribution < -0.4 is 0 Å². The van der Waals surface area contributed by atoms with Crippen LogP contribution in [0.2, 0.25) is 6.04 Å². The summed E-state index contributed by atoms with van der Waals surface area (Å²) in [6, 6.07) is 0.295. The topological polar surface area (TPSA) is 110 Å². The molecular formula is C30H59N3O7Si. The zero-order valence-electron chi connectivity index (χ0n) is 27.7. The second-order valence-electron chi connectivity index (χ2n) is 13.1. The Hall–Kier alpha value is -1.33. The number of carboxylic acid groups (broad SMARTS) is 1. The van der Waals surface area contributed by atoms with Crippen molar-refractivity contribution in [3.05, 3.63) is 0 Å². The molecule has 0 spiro atoms. The van der Waals surface area contributed by atoms with Crippen LogP contribution in [0.5, 0.6) is 0 Å². The van der Waals surface area contributed by atoms with E-state index in [1.165, 1.54) is 4.90 Å². The van der Waals surface area contributed by atoms with Gasteiger partial charge >= 0.3 is 14.9 Å². The third-order valence-electron chi connectivity index (χ3n) is 7.85. The van der Waals surface area contributed by atoms with Crippen molar-refractivity contribution in [1.29, 1.82) is 0 Å². The molecule has 1 rings (SSSR count). The molecule has 0 saturated heterocycles. The second kappa shape index (κ2) is 17.1. The minimum atomic E-state index is -2.81. The van der Waals surface area contributed by atoms with Crippen LogP contribution in [0.15, 0.2) is 4.99 Å². The minimum Gasteiger partial charge on any atom is -0.465 e. The first-order valence-corrected chi connectivity index (χ1v) is 17.4. The predicted octanol–water partition coefficient (Wildman–Crippen LogP) is 6.18. The first-order valence-electron chi connectivity index (χ1n) is 15.5. The van der Waals surface area contributed by atoms with Crippen molar-refractivity contribution >= 4 is 21.0 Å². The third kappa shape index (κ3) is 11.7. The summed E-state index contributed by atoms with van der Waals surface area (Å²) in [5.74, 6) is 0. The largest absolute Gasteiger partial charge is 0.501 e. The van der Waals surface area contributed by atoms with E-state index in [4.69, 9.17) is 18.0 Å². The number of aliphatic imine (C=N–C) groups is 1. The maximum atomic E-state index is 12.8. The maximum absolute atomic E-state index is 12.8. The lowest BCUT2D eigenvalue weighted by atomic mass is 9.62. The van der Waals surface area contributed by atoms with Gasteiger partial charge in [0.25, 0.3) is 0 Å². The average Bonchev–Trinajstić information content (AvgIpc) is 2.83. The SMILES string of the molecule is CCO[Si](CCCOC(C(C)N(CC1(C)CC(N=C=O)CC(C)(C)C1)C(=O)O)N(C(C)C)C(C)C)(OCC)OCC. The summed E-state index contributed by atoms with van der Waals surface area (Å²) in [5.41, 5.74) is -0.413. The number of nitrogens with zero attached hydrogens (tertiary/aromatic N) is 3. The van der Waals surface area contributed by atoms with Crippen molar-refractivity contribution < 1.29 is 32.7 Å². The maximum Gasteiger partial charge on any atom is 0.501 e. The molecule has 11 heteroatoms. The quantitative estimate of drug-likeness (QED) is 0.0615. The predicted molar refractivity (Wildman–Crippen MR) is 164 cm³/mol. The van der Waals surface area contributed by atoms with Gasteiger partial charge in [0.1, 0.15) is 6.23 Å². The number of rotatable bonds is 19. The molecule has 1 aliphatic carbocycles. The standard InChI is InChI=1S/C30H59N3O7Si/c1-12-38-41(39-13-2,40-14-3)17-15-16-37-27(33(23(4)5)24(6)7)25(8)32(28(35)36)21-30(11)19-26(31-22-34)18-29(9,10)20-30/h23-27H,12-21H2,1-11H3,(H,35,36). The first-order chi connectivity index (χ1) is 19.1. The lowest BCUT2D eigenvalue weighted by Crippen LogP contribution is -2.59. The number of carbonyl (C=O) groups excluding carboxylic acids is 1. The van der Waals surface area contributed by atoms with E-state index in [1.54, 1.807) is 6.08 Å². The van der Waals surface area contributed by atoms with E-state index in [-0.39, 0.29) is 29.0 Å². The molecule has 0 aromatic carbocycles. The molecule has 1 amide bonds. The summed E-state index contributed by atoms with van der Waals surface area (Å²) < 4.78 is 24.6. The van der Waals surface area contributed by atoms with Gasteiger partial charge in [-0.15, -0.1) is 0 Å². The molecule has 1 fully saturated rings. The van der Waals surface area contributed by atoms with Crippen molar-refractivity contribution in [2.45, 2.75) is 138 Å².